The molecule has 2 rings (SSSR count). The fourth-order valence-corrected chi connectivity index (χ4v) is 2.44. The molecular weight excluding hydrogens is 292 g/mol. The molecule has 0 aliphatic carbocycles. The Labute approximate surface area is 128 Å². The van der Waals surface area contributed by atoms with Gasteiger partial charge in [-0.05, 0) is 35.6 Å². The largest absolute Gasteiger partial charge is 0.320 e. The van der Waals surface area contributed by atoms with Crippen LogP contribution in [0.25, 0.3) is 0 Å². The summed E-state index contributed by atoms with van der Waals surface area (Å²) >= 11 is 5.55. The van der Waals surface area contributed by atoms with Crippen LogP contribution in [0.1, 0.15) is 36.6 Å². The maximum absolute atomic E-state index is 13.9. The predicted octanol–water partition coefficient (Wildman–Crippen LogP) is 4.86. The summed E-state index contributed by atoms with van der Waals surface area (Å²) in [5.74, 6) is -0.701. The van der Waals surface area contributed by atoms with E-state index >= 15 is 0 Å². The molecule has 21 heavy (non-hydrogen) atoms. The van der Waals surface area contributed by atoms with Crippen LogP contribution in [-0.4, -0.2) is 0 Å². The molecule has 1 unspecified atom stereocenters. The zero-order valence-corrected chi connectivity index (χ0v) is 12.8. The zero-order chi connectivity index (χ0) is 15.6. The van der Waals surface area contributed by atoms with Gasteiger partial charge in [-0.15, -0.1) is 0 Å². The first-order valence-corrected chi connectivity index (χ1v) is 7.25. The molecule has 1 nitrogen and oxygen atoms in total. The molecule has 0 heterocycles. The fourth-order valence-electron chi connectivity index (χ4n) is 2.29. The van der Waals surface area contributed by atoms with Crippen LogP contribution >= 0.6 is 11.6 Å². The molecule has 0 spiro atoms. The molecule has 1 atom stereocenters. The van der Waals surface area contributed by atoms with Crippen molar-refractivity contribution in [3.05, 3.63) is 69.7 Å². The summed E-state index contributed by atoms with van der Waals surface area (Å²) in [7, 11) is 0. The number of rotatable bonds is 4. The highest BCUT2D eigenvalue weighted by Gasteiger charge is 2.16. The summed E-state index contributed by atoms with van der Waals surface area (Å²) in [6.45, 7) is 4.29. The maximum atomic E-state index is 13.9. The Balaban J connectivity index is 2.27. The van der Waals surface area contributed by atoms with Crippen molar-refractivity contribution in [3.63, 3.8) is 0 Å². The Hall–Kier alpha value is -1.45. The van der Waals surface area contributed by atoms with Gasteiger partial charge in [0.15, 0.2) is 0 Å². The standard InChI is InChI=1S/C17H18ClF2N/c1-10(2)7-11-3-5-12(6-4-11)17(21)13-8-16(20)14(18)9-15(13)19/h3-6,8-10,17H,7,21H2,1-2H3. The van der Waals surface area contributed by atoms with Gasteiger partial charge in [0.25, 0.3) is 0 Å². The van der Waals surface area contributed by atoms with Gasteiger partial charge in [0.2, 0.25) is 0 Å². The molecule has 2 aromatic rings. The van der Waals surface area contributed by atoms with Crippen LogP contribution in [0.15, 0.2) is 36.4 Å². The molecule has 0 saturated heterocycles. The summed E-state index contributed by atoms with van der Waals surface area (Å²) in [5, 5.41) is -0.240. The maximum Gasteiger partial charge on any atom is 0.142 e. The molecule has 4 heteroatoms. The minimum Gasteiger partial charge on any atom is -0.320 e. The van der Waals surface area contributed by atoms with Crippen molar-refractivity contribution in [1.82, 2.24) is 0 Å². The van der Waals surface area contributed by atoms with Crippen molar-refractivity contribution >= 4 is 11.6 Å². The topological polar surface area (TPSA) is 26.0 Å². The fraction of sp³-hybridized carbons (Fsp3) is 0.294. The number of hydrogen-bond acceptors (Lipinski definition) is 1. The van der Waals surface area contributed by atoms with Gasteiger partial charge >= 0.3 is 0 Å². The van der Waals surface area contributed by atoms with Gasteiger partial charge in [0, 0.05) is 5.56 Å². The quantitative estimate of drug-likeness (QED) is 0.802. The Morgan fingerprint density at radius 2 is 1.67 bits per heavy atom. The van der Waals surface area contributed by atoms with E-state index in [9.17, 15) is 8.78 Å². The van der Waals surface area contributed by atoms with Gasteiger partial charge in [0.05, 0.1) is 11.1 Å². The third-order valence-electron chi connectivity index (χ3n) is 3.36. The number of halogens is 3. The smallest absolute Gasteiger partial charge is 0.142 e. The summed E-state index contributed by atoms with van der Waals surface area (Å²) in [4.78, 5) is 0. The summed E-state index contributed by atoms with van der Waals surface area (Å²) in [5.41, 5.74) is 8.08. The van der Waals surface area contributed by atoms with Gasteiger partial charge in [-0.2, -0.15) is 0 Å². The van der Waals surface area contributed by atoms with E-state index in [-0.39, 0.29) is 10.6 Å². The van der Waals surface area contributed by atoms with Crippen LogP contribution in [0, 0.1) is 17.6 Å². The lowest BCUT2D eigenvalue weighted by Crippen LogP contribution is -2.14. The van der Waals surface area contributed by atoms with Crippen LogP contribution in [0.2, 0.25) is 5.02 Å². The number of hydrogen-bond donors (Lipinski definition) is 1. The molecule has 2 N–H and O–H groups in total. The molecule has 112 valence electrons. The van der Waals surface area contributed by atoms with E-state index in [4.69, 9.17) is 17.3 Å². The minimum atomic E-state index is -0.718. The molecular formula is C17H18ClF2N. The van der Waals surface area contributed by atoms with Crippen LogP contribution in [0.3, 0.4) is 0 Å². The average Bonchev–Trinajstić information content (AvgIpc) is 2.42. The van der Waals surface area contributed by atoms with Crippen molar-refractivity contribution in [1.29, 1.82) is 0 Å². The normalized spacial score (nSPS) is 12.7. The van der Waals surface area contributed by atoms with Crippen LogP contribution in [0.4, 0.5) is 8.78 Å². The van der Waals surface area contributed by atoms with E-state index in [2.05, 4.69) is 13.8 Å². The van der Waals surface area contributed by atoms with Gasteiger partial charge in [-0.25, -0.2) is 8.78 Å². The lowest BCUT2D eigenvalue weighted by molar-refractivity contribution is 0.577. The van der Waals surface area contributed by atoms with E-state index in [1.165, 1.54) is 5.56 Å². The summed E-state index contributed by atoms with van der Waals surface area (Å²) in [6, 6.07) is 8.95. The zero-order valence-electron chi connectivity index (χ0n) is 12.0. The van der Waals surface area contributed by atoms with E-state index < -0.39 is 17.7 Å². The molecule has 0 aliphatic heterocycles. The second-order valence-corrected chi connectivity index (χ2v) is 6.01. The molecule has 0 amide bonds. The average molecular weight is 310 g/mol. The first kappa shape index (κ1) is 15.9. The highest BCUT2D eigenvalue weighted by molar-refractivity contribution is 6.30. The highest BCUT2D eigenvalue weighted by atomic mass is 35.5. The predicted molar refractivity (Wildman–Crippen MR) is 82.4 cm³/mol. The Kier molecular flexibility index (Phi) is 4.96. The van der Waals surface area contributed by atoms with Crippen molar-refractivity contribution in [2.24, 2.45) is 11.7 Å². The Morgan fingerprint density at radius 3 is 2.24 bits per heavy atom. The van der Waals surface area contributed by atoms with Crippen molar-refractivity contribution in [2.45, 2.75) is 26.3 Å². The lowest BCUT2D eigenvalue weighted by Gasteiger charge is -2.15. The SMILES string of the molecule is CC(C)Cc1ccc(C(N)c2cc(F)c(Cl)cc2F)cc1. The van der Waals surface area contributed by atoms with Crippen LogP contribution < -0.4 is 5.73 Å². The summed E-state index contributed by atoms with van der Waals surface area (Å²) in [6.07, 6.45) is 0.972. The lowest BCUT2D eigenvalue weighted by atomic mass is 9.96. The molecule has 0 aromatic heterocycles. The minimum absolute atomic E-state index is 0.105. The molecule has 0 saturated carbocycles. The number of nitrogens with two attached hydrogens (primary N) is 1. The molecule has 0 fully saturated rings. The van der Waals surface area contributed by atoms with E-state index in [1.807, 2.05) is 24.3 Å². The van der Waals surface area contributed by atoms with Crippen LogP contribution in [0.5, 0.6) is 0 Å². The van der Waals surface area contributed by atoms with Crippen molar-refractivity contribution in [2.75, 3.05) is 0 Å². The van der Waals surface area contributed by atoms with Crippen molar-refractivity contribution < 1.29 is 8.78 Å². The molecule has 2 aromatic carbocycles. The number of benzene rings is 2. The third kappa shape index (κ3) is 3.80. The Bertz CT molecular complexity index is 623. The van der Waals surface area contributed by atoms with E-state index in [1.54, 1.807) is 0 Å². The molecule has 0 radical (unpaired) electrons. The second-order valence-electron chi connectivity index (χ2n) is 5.61. The monoisotopic (exact) mass is 309 g/mol. The van der Waals surface area contributed by atoms with Crippen LogP contribution in [-0.2, 0) is 6.42 Å². The van der Waals surface area contributed by atoms with Gasteiger partial charge < -0.3 is 5.73 Å². The van der Waals surface area contributed by atoms with Gasteiger partial charge in [-0.1, -0.05) is 49.7 Å². The van der Waals surface area contributed by atoms with Gasteiger partial charge in [-0.3, -0.25) is 0 Å². The molecule has 0 bridgehead atoms. The van der Waals surface area contributed by atoms with Gasteiger partial charge in [0.1, 0.15) is 11.6 Å². The second kappa shape index (κ2) is 6.54. The van der Waals surface area contributed by atoms with E-state index in [0.29, 0.717) is 5.92 Å². The Morgan fingerprint density at radius 1 is 1.05 bits per heavy atom. The third-order valence-corrected chi connectivity index (χ3v) is 3.65. The summed E-state index contributed by atoms with van der Waals surface area (Å²) < 4.78 is 27.4. The van der Waals surface area contributed by atoms with E-state index in [0.717, 1.165) is 24.1 Å². The van der Waals surface area contributed by atoms with Crippen molar-refractivity contribution in [3.8, 4) is 0 Å². The first-order chi connectivity index (χ1) is 9.88. The highest BCUT2D eigenvalue weighted by Crippen LogP contribution is 2.27. The first-order valence-electron chi connectivity index (χ1n) is 6.87. The molecule has 0 aliphatic rings.